The van der Waals surface area contributed by atoms with Crippen LogP contribution in [0.2, 0.25) is 0 Å². The van der Waals surface area contributed by atoms with Crippen LogP contribution in [0, 0.1) is 10.1 Å². The zero-order valence-electron chi connectivity index (χ0n) is 16.9. The first-order valence-corrected chi connectivity index (χ1v) is 9.74. The molecule has 0 aliphatic rings. The molecule has 32 heavy (non-hydrogen) atoms. The van der Waals surface area contributed by atoms with Gasteiger partial charge in [0.05, 0.1) is 22.5 Å². The van der Waals surface area contributed by atoms with Crippen LogP contribution in [0.4, 0.5) is 10.5 Å². The van der Waals surface area contributed by atoms with E-state index in [1.807, 2.05) is 71.3 Å². The zero-order chi connectivity index (χ0) is 22.5. The van der Waals surface area contributed by atoms with Crippen molar-refractivity contribution in [1.29, 1.82) is 0 Å². The molecule has 2 amide bonds. The first kappa shape index (κ1) is 20.5. The monoisotopic (exact) mass is 425 g/mol. The molecular formula is C24H19N5O3. The molecule has 3 aromatic carbocycles. The molecule has 0 aliphatic carbocycles. The molecular weight excluding hydrogens is 406 g/mol. The zero-order valence-corrected chi connectivity index (χ0v) is 16.9. The van der Waals surface area contributed by atoms with Gasteiger partial charge in [0.1, 0.15) is 0 Å². The number of benzene rings is 3. The summed E-state index contributed by atoms with van der Waals surface area (Å²) in [6, 6.07) is 27.0. The van der Waals surface area contributed by atoms with Gasteiger partial charge in [-0.2, -0.15) is 5.10 Å². The second kappa shape index (κ2) is 8.97. The normalized spacial score (nSPS) is 10.9. The lowest BCUT2D eigenvalue weighted by Gasteiger charge is -2.15. The SMILES string of the molecule is NC(=O)N/N=C\c1cc(-c2ccccc2)n(-c2ccc([N+](=O)[O-])cc2)c1-c1ccccc1. The number of carbonyl (C=O) groups excluding carboxylic acids is 1. The number of aromatic nitrogens is 1. The van der Waals surface area contributed by atoms with E-state index < -0.39 is 11.0 Å². The van der Waals surface area contributed by atoms with Crippen LogP contribution in [-0.2, 0) is 0 Å². The summed E-state index contributed by atoms with van der Waals surface area (Å²) >= 11 is 0. The third-order valence-corrected chi connectivity index (χ3v) is 4.84. The smallest absolute Gasteiger partial charge is 0.332 e. The first-order chi connectivity index (χ1) is 15.5. The lowest BCUT2D eigenvalue weighted by atomic mass is 10.1. The van der Waals surface area contributed by atoms with Crippen molar-refractivity contribution in [3.05, 3.63) is 107 Å². The van der Waals surface area contributed by atoms with Gasteiger partial charge in [-0.25, -0.2) is 10.2 Å². The molecule has 1 aromatic heterocycles. The molecule has 0 atom stereocenters. The minimum Gasteiger partial charge on any atom is -0.350 e. The molecule has 0 unspecified atom stereocenters. The van der Waals surface area contributed by atoms with Gasteiger partial charge >= 0.3 is 6.03 Å². The number of carbonyl (C=O) groups is 1. The minimum atomic E-state index is -0.763. The standard InChI is InChI=1S/C24H19N5O3/c25-24(30)27-26-16-19-15-22(17-7-3-1-4-8-17)28(23(19)18-9-5-2-6-10-18)20-11-13-21(14-12-20)29(31)32/h1-16H,(H3,25,27,30)/b26-16-. The maximum Gasteiger partial charge on any atom is 0.332 e. The van der Waals surface area contributed by atoms with Crippen molar-refractivity contribution < 1.29 is 9.72 Å². The largest absolute Gasteiger partial charge is 0.350 e. The van der Waals surface area contributed by atoms with Crippen molar-refractivity contribution in [2.75, 3.05) is 0 Å². The Bertz CT molecular complexity index is 1280. The van der Waals surface area contributed by atoms with Crippen molar-refractivity contribution in [2.24, 2.45) is 10.8 Å². The van der Waals surface area contributed by atoms with E-state index in [9.17, 15) is 14.9 Å². The molecule has 3 N–H and O–H groups in total. The van der Waals surface area contributed by atoms with Gasteiger partial charge in [0, 0.05) is 23.4 Å². The van der Waals surface area contributed by atoms with Crippen LogP contribution in [0.25, 0.3) is 28.2 Å². The van der Waals surface area contributed by atoms with Crippen LogP contribution >= 0.6 is 0 Å². The van der Waals surface area contributed by atoms with E-state index in [2.05, 4.69) is 10.5 Å². The van der Waals surface area contributed by atoms with E-state index in [1.54, 1.807) is 12.1 Å². The van der Waals surface area contributed by atoms with Gasteiger partial charge in [-0.15, -0.1) is 0 Å². The highest BCUT2D eigenvalue weighted by molar-refractivity contribution is 5.94. The molecule has 0 saturated carbocycles. The number of rotatable bonds is 6. The number of hydrogen-bond donors (Lipinski definition) is 2. The second-order valence-electron chi connectivity index (χ2n) is 6.91. The lowest BCUT2D eigenvalue weighted by Crippen LogP contribution is -2.24. The summed E-state index contributed by atoms with van der Waals surface area (Å²) in [7, 11) is 0. The fraction of sp³-hybridized carbons (Fsp3) is 0. The predicted molar refractivity (Wildman–Crippen MR) is 124 cm³/mol. The van der Waals surface area contributed by atoms with Gasteiger partial charge in [0.15, 0.2) is 0 Å². The average molecular weight is 425 g/mol. The number of non-ortho nitro benzene ring substituents is 1. The van der Waals surface area contributed by atoms with Crippen molar-refractivity contribution >= 4 is 17.9 Å². The first-order valence-electron chi connectivity index (χ1n) is 9.74. The summed E-state index contributed by atoms with van der Waals surface area (Å²) in [5.41, 5.74) is 12.4. The fourth-order valence-corrected chi connectivity index (χ4v) is 3.50. The van der Waals surface area contributed by atoms with Crippen LogP contribution in [0.5, 0.6) is 0 Å². The number of nitrogens with one attached hydrogen (secondary N) is 1. The molecule has 1 heterocycles. The highest BCUT2D eigenvalue weighted by Gasteiger charge is 2.19. The Balaban J connectivity index is 1.99. The molecule has 0 spiro atoms. The van der Waals surface area contributed by atoms with E-state index in [0.29, 0.717) is 0 Å². The van der Waals surface area contributed by atoms with Crippen LogP contribution < -0.4 is 11.2 Å². The van der Waals surface area contributed by atoms with E-state index in [4.69, 9.17) is 5.73 Å². The maximum atomic E-state index is 11.1. The quantitative estimate of drug-likeness (QED) is 0.264. The van der Waals surface area contributed by atoms with Crippen molar-refractivity contribution in [3.8, 4) is 28.2 Å². The molecule has 4 rings (SSSR count). The lowest BCUT2D eigenvalue weighted by molar-refractivity contribution is -0.384. The molecule has 0 aliphatic heterocycles. The van der Waals surface area contributed by atoms with Crippen LogP contribution in [0.15, 0.2) is 96.1 Å². The second-order valence-corrected chi connectivity index (χ2v) is 6.91. The predicted octanol–water partition coefficient (Wildman–Crippen LogP) is 4.72. The van der Waals surface area contributed by atoms with Crippen molar-refractivity contribution in [1.82, 2.24) is 9.99 Å². The molecule has 0 radical (unpaired) electrons. The Hall–Kier alpha value is -4.72. The van der Waals surface area contributed by atoms with Gasteiger partial charge in [0.2, 0.25) is 0 Å². The van der Waals surface area contributed by atoms with Crippen LogP contribution in [0.1, 0.15) is 5.56 Å². The Morgan fingerprint density at radius 3 is 2.09 bits per heavy atom. The molecule has 158 valence electrons. The third-order valence-electron chi connectivity index (χ3n) is 4.84. The number of urea groups is 1. The highest BCUT2D eigenvalue weighted by Crippen LogP contribution is 2.35. The molecule has 4 aromatic rings. The fourth-order valence-electron chi connectivity index (χ4n) is 3.50. The molecule has 8 heteroatoms. The summed E-state index contributed by atoms with van der Waals surface area (Å²) in [5, 5.41) is 15.1. The molecule has 0 saturated heterocycles. The van der Waals surface area contributed by atoms with Crippen LogP contribution in [0.3, 0.4) is 0 Å². The van der Waals surface area contributed by atoms with Gasteiger partial charge in [-0.1, -0.05) is 60.7 Å². The van der Waals surface area contributed by atoms with Gasteiger partial charge in [-0.3, -0.25) is 10.1 Å². The van der Waals surface area contributed by atoms with Gasteiger partial charge in [0.25, 0.3) is 5.69 Å². The van der Waals surface area contributed by atoms with Crippen LogP contribution in [-0.4, -0.2) is 21.7 Å². The minimum absolute atomic E-state index is 0.0101. The maximum absolute atomic E-state index is 11.1. The van der Waals surface area contributed by atoms with Gasteiger partial charge < -0.3 is 10.3 Å². The Morgan fingerprint density at radius 1 is 0.938 bits per heavy atom. The number of nitro groups is 1. The van der Waals surface area contributed by atoms with E-state index in [0.717, 1.165) is 33.8 Å². The van der Waals surface area contributed by atoms with E-state index >= 15 is 0 Å². The number of amides is 2. The van der Waals surface area contributed by atoms with Crippen molar-refractivity contribution in [2.45, 2.75) is 0 Å². The molecule has 8 nitrogen and oxygen atoms in total. The Morgan fingerprint density at radius 2 is 1.53 bits per heavy atom. The Kier molecular flexibility index (Phi) is 5.76. The summed E-state index contributed by atoms with van der Waals surface area (Å²) in [4.78, 5) is 21.8. The summed E-state index contributed by atoms with van der Waals surface area (Å²) in [6.45, 7) is 0. The number of nitrogens with zero attached hydrogens (tertiary/aromatic N) is 3. The molecule has 0 bridgehead atoms. The number of nitro benzene ring substituents is 1. The molecule has 0 fully saturated rings. The number of primary amides is 1. The number of hydrazone groups is 1. The topological polar surface area (TPSA) is 116 Å². The average Bonchev–Trinajstić information content (AvgIpc) is 3.19. The summed E-state index contributed by atoms with van der Waals surface area (Å²) in [5.74, 6) is 0. The van der Waals surface area contributed by atoms with E-state index in [1.165, 1.54) is 18.3 Å². The van der Waals surface area contributed by atoms with Gasteiger partial charge in [-0.05, 0) is 29.3 Å². The summed E-state index contributed by atoms with van der Waals surface area (Å²) in [6.07, 6.45) is 1.53. The third kappa shape index (κ3) is 4.24. The highest BCUT2D eigenvalue weighted by atomic mass is 16.6. The van der Waals surface area contributed by atoms with Crippen molar-refractivity contribution in [3.63, 3.8) is 0 Å². The van der Waals surface area contributed by atoms with E-state index in [-0.39, 0.29) is 5.69 Å². The number of hydrogen-bond acceptors (Lipinski definition) is 4. The summed E-state index contributed by atoms with van der Waals surface area (Å²) < 4.78 is 2.01. The Labute approximate surface area is 183 Å². The number of nitrogens with two attached hydrogens (primary N) is 1.